The Hall–Kier alpha value is -4.11. The molecule has 0 fully saturated rings. The summed E-state index contributed by atoms with van der Waals surface area (Å²) in [5.74, 6) is 0.162. The van der Waals surface area contributed by atoms with Gasteiger partial charge in [0.25, 0.3) is 0 Å². The van der Waals surface area contributed by atoms with E-state index in [1.54, 1.807) is 20.3 Å². The van der Waals surface area contributed by atoms with Gasteiger partial charge in [-0.25, -0.2) is 4.79 Å². The first-order valence-electron chi connectivity index (χ1n) is 12.1. The molecule has 0 aliphatic heterocycles. The van der Waals surface area contributed by atoms with Gasteiger partial charge in [0, 0.05) is 46.9 Å². The van der Waals surface area contributed by atoms with Crippen LogP contribution in [0.4, 0.5) is 5.69 Å². The Labute approximate surface area is 218 Å². The fourth-order valence-corrected chi connectivity index (χ4v) is 5.16. The van der Waals surface area contributed by atoms with E-state index in [4.69, 9.17) is 9.47 Å². The van der Waals surface area contributed by atoms with Crippen molar-refractivity contribution < 1.29 is 19.4 Å². The molecule has 37 heavy (non-hydrogen) atoms. The minimum atomic E-state index is -1.01. The maximum Gasteiger partial charge on any atom is 0.353 e. The molecule has 2 heterocycles. The fraction of sp³-hybridized carbons (Fsp3) is 0.250. The van der Waals surface area contributed by atoms with Crippen LogP contribution in [-0.4, -0.2) is 45.2 Å². The molecule has 8 nitrogen and oxygen atoms in total. The van der Waals surface area contributed by atoms with Gasteiger partial charge in [0.1, 0.15) is 28.2 Å². The van der Waals surface area contributed by atoms with E-state index in [0.717, 1.165) is 64.3 Å². The number of aromatic carboxylic acids is 1. The lowest BCUT2D eigenvalue weighted by atomic mass is 10.00. The molecular weight excluding hydrogens is 488 g/mol. The molecule has 0 aliphatic carbocycles. The number of carbonyl (C=O) groups is 1. The second-order valence-electron chi connectivity index (χ2n) is 8.78. The van der Waals surface area contributed by atoms with E-state index in [1.165, 1.54) is 0 Å². The summed E-state index contributed by atoms with van der Waals surface area (Å²) in [5, 5.41) is 14.8. The summed E-state index contributed by atoms with van der Waals surface area (Å²) in [7, 11) is 3.17. The van der Waals surface area contributed by atoms with Crippen molar-refractivity contribution in [2.45, 2.75) is 26.3 Å². The van der Waals surface area contributed by atoms with Crippen molar-refractivity contribution in [3.05, 3.63) is 65.9 Å². The van der Waals surface area contributed by atoms with Crippen molar-refractivity contribution in [1.29, 1.82) is 0 Å². The molecule has 0 aliphatic rings. The van der Waals surface area contributed by atoms with Crippen LogP contribution in [0.15, 0.2) is 54.6 Å². The lowest BCUT2D eigenvalue weighted by Crippen LogP contribution is -2.10. The fourth-order valence-electron chi connectivity index (χ4n) is 4.65. The summed E-state index contributed by atoms with van der Waals surface area (Å²) >= 11 is 1.16. The molecule has 2 aromatic heterocycles. The van der Waals surface area contributed by atoms with E-state index in [-0.39, 0.29) is 5.69 Å². The van der Waals surface area contributed by atoms with Crippen molar-refractivity contribution in [3.8, 4) is 22.6 Å². The summed E-state index contributed by atoms with van der Waals surface area (Å²) < 4.78 is 21.5. The van der Waals surface area contributed by atoms with Crippen molar-refractivity contribution in [2.24, 2.45) is 0 Å². The Balaban J connectivity index is 1.74. The summed E-state index contributed by atoms with van der Waals surface area (Å²) in [4.78, 5) is 12.8. The van der Waals surface area contributed by atoms with Gasteiger partial charge in [0.15, 0.2) is 0 Å². The Morgan fingerprint density at radius 1 is 1.03 bits per heavy atom. The van der Waals surface area contributed by atoms with Gasteiger partial charge >= 0.3 is 5.97 Å². The normalized spacial score (nSPS) is 11.2. The summed E-state index contributed by atoms with van der Waals surface area (Å²) in [6.45, 7) is 3.36. The third-order valence-electron chi connectivity index (χ3n) is 6.46. The van der Waals surface area contributed by atoms with Crippen molar-refractivity contribution in [1.82, 2.24) is 13.3 Å². The standard InChI is InChI=1S/C28H28N4O4S/c1-4-5-12-29-18-7-11-24-21(14-18)26(20-9-8-19(35-2)15-25(20)36-3)27(28(33)34)32(24)16-17-6-10-22-23(13-17)31-37-30-22/h6-11,13-15,29H,4-5,12,16H2,1-3H3,(H,33,34). The van der Waals surface area contributed by atoms with Crippen LogP contribution >= 0.6 is 11.7 Å². The third-order valence-corrected chi connectivity index (χ3v) is 7.02. The number of methoxy groups -OCH3 is 2. The minimum absolute atomic E-state index is 0.195. The van der Waals surface area contributed by atoms with Gasteiger partial charge < -0.3 is 24.5 Å². The lowest BCUT2D eigenvalue weighted by molar-refractivity contribution is 0.0687. The van der Waals surface area contributed by atoms with Gasteiger partial charge in [-0.1, -0.05) is 19.4 Å². The number of anilines is 1. The molecule has 3 aromatic carbocycles. The molecule has 0 spiro atoms. The van der Waals surface area contributed by atoms with E-state index in [1.807, 2.05) is 53.1 Å². The SMILES string of the molecule is CCCCNc1ccc2c(c1)c(-c1ccc(OC)cc1OC)c(C(=O)O)n2Cc1ccc2nsnc2c1. The molecular formula is C28H28N4O4S. The van der Waals surface area contributed by atoms with Gasteiger partial charge in [0.2, 0.25) is 0 Å². The van der Waals surface area contributed by atoms with Crippen LogP contribution in [0.3, 0.4) is 0 Å². The summed E-state index contributed by atoms with van der Waals surface area (Å²) in [6, 6.07) is 17.3. The highest BCUT2D eigenvalue weighted by molar-refractivity contribution is 7.00. The van der Waals surface area contributed by atoms with Crippen LogP contribution in [0.5, 0.6) is 11.5 Å². The average molecular weight is 517 g/mol. The molecule has 0 amide bonds. The second-order valence-corrected chi connectivity index (χ2v) is 9.31. The first-order chi connectivity index (χ1) is 18.0. The van der Waals surface area contributed by atoms with E-state index in [9.17, 15) is 9.90 Å². The molecule has 0 bridgehead atoms. The van der Waals surface area contributed by atoms with Gasteiger partial charge in [-0.05, 0) is 54.4 Å². The number of fused-ring (bicyclic) bond motifs is 2. The lowest BCUT2D eigenvalue weighted by Gasteiger charge is -2.12. The van der Waals surface area contributed by atoms with Crippen LogP contribution < -0.4 is 14.8 Å². The number of aromatic nitrogens is 3. The smallest absolute Gasteiger partial charge is 0.353 e. The molecule has 0 unspecified atom stereocenters. The number of nitrogens with one attached hydrogen (secondary N) is 1. The number of rotatable bonds is 10. The predicted molar refractivity (Wildman–Crippen MR) is 147 cm³/mol. The molecule has 0 atom stereocenters. The Kier molecular flexibility index (Phi) is 6.96. The maximum absolute atomic E-state index is 12.8. The highest BCUT2D eigenvalue weighted by Crippen LogP contribution is 2.42. The van der Waals surface area contributed by atoms with Gasteiger partial charge in [-0.2, -0.15) is 8.75 Å². The highest BCUT2D eigenvalue weighted by Gasteiger charge is 2.26. The number of ether oxygens (including phenoxy) is 2. The molecule has 9 heteroatoms. The largest absolute Gasteiger partial charge is 0.497 e. The van der Waals surface area contributed by atoms with E-state index >= 15 is 0 Å². The summed E-state index contributed by atoms with van der Waals surface area (Å²) in [5.41, 5.74) is 5.83. The quantitative estimate of drug-likeness (QED) is 0.211. The zero-order chi connectivity index (χ0) is 25.9. The number of hydrogen-bond acceptors (Lipinski definition) is 7. The van der Waals surface area contributed by atoms with E-state index in [0.29, 0.717) is 29.2 Å². The maximum atomic E-state index is 12.8. The van der Waals surface area contributed by atoms with Crippen LogP contribution in [-0.2, 0) is 6.54 Å². The zero-order valence-electron chi connectivity index (χ0n) is 20.9. The number of nitrogens with zero attached hydrogens (tertiary/aromatic N) is 3. The number of carboxylic acids is 1. The first kappa shape index (κ1) is 24.6. The van der Waals surface area contributed by atoms with Crippen LogP contribution in [0.25, 0.3) is 33.1 Å². The van der Waals surface area contributed by atoms with E-state index < -0.39 is 5.97 Å². The predicted octanol–water partition coefficient (Wildman–Crippen LogP) is 6.29. The monoisotopic (exact) mass is 516 g/mol. The summed E-state index contributed by atoms with van der Waals surface area (Å²) in [6.07, 6.45) is 2.13. The molecule has 0 saturated heterocycles. The van der Waals surface area contributed by atoms with Crippen molar-refractivity contribution in [3.63, 3.8) is 0 Å². The average Bonchev–Trinajstić information content (AvgIpc) is 3.50. The van der Waals surface area contributed by atoms with Gasteiger partial charge in [-0.3, -0.25) is 0 Å². The number of carboxylic acid groups (broad SMARTS) is 1. The van der Waals surface area contributed by atoms with Crippen LogP contribution in [0, 0.1) is 0 Å². The van der Waals surface area contributed by atoms with Crippen molar-refractivity contribution in [2.75, 3.05) is 26.1 Å². The molecule has 0 saturated carbocycles. The van der Waals surface area contributed by atoms with Gasteiger partial charge in [-0.15, -0.1) is 0 Å². The van der Waals surface area contributed by atoms with E-state index in [2.05, 4.69) is 21.0 Å². The van der Waals surface area contributed by atoms with Crippen LogP contribution in [0.1, 0.15) is 35.8 Å². The Bertz CT molecular complexity index is 1590. The molecule has 190 valence electrons. The highest BCUT2D eigenvalue weighted by atomic mass is 32.1. The number of hydrogen-bond donors (Lipinski definition) is 2. The third kappa shape index (κ3) is 4.70. The van der Waals surface area contributed by atoms with Crippen LogP contribution in [0.2, 0.25) is 0 Å². The zero-order valence-corrected chi connectivity index (χ0v) is 21.8. The minimum Gasteiger partial charge on any atom is -0.497 e. The first-order valence-corrected chi connectivity index (χ1v) is 12.8. The Morgan fingerprint density at radius 3 is 2.62 bits per heavy atom. The van der Waals surface area contributed by atoms with Gasteiger partial charge in [0.05, 0.1) is 25.9 Å². The Morgan fingerprint density at radius 2 is 1.86 bits per heavy atom. The molecule has 5 aromatic rings. The second kappa shape index (κ2) is 10.5. The molecule has 5 rings (SSSR count). The number of unbranched alkanes of at least 4 members (excludes halogenated alkanes) is 1. The topological polar surface area (TPSA) is 98.5 Å². The molecule has 2 N–H and O–H groups in total. The number of benzene rings is 3. The van der Waals surface area contributed by atoms with Crippen molar-refractivity contribution >= 4 is 45.3 Å². The molecule has 0 radical (unpaired) electrons.